The molecule has 1 aliphatic carbocycles. The molecule has 0 spiro atoms. The number of carbonyl (C=O) groups excluding carboxylic acids is 1. The second-order valence-corrected chi connectivity index (χ2v) is 8.94. The van der Waals surface area contributed by atoms with E-state index in [1.165, 1.54) is 0 Å². The van der Waals surface area contributed by atoms with Gasteiger partial charge in [-0.3, -0.25) is 9.59 Å². The molecule has 1 fully saturated rings. The van der Waals surface area contributed by atoms with E-state index in [1.54, 1.807) is 6.92 Å². The van der Waals surface area contributed by atoms with Crippen molar-refractivity contribution in [2.24, 2.45) is 5.92 Å². The van der Waals surface area contributed by atoms with Gasteiger partial charge in [-0.15, -0.1) is 0 Å². The van der Waals surface area contributed by atoms with Gasteiger partial charge in [-0.05, 0) is 56.4 Å². The van der Waals surface area contributed by atoms with Gasteiger partial charge < -0.3 is 14.4 Å². The maximum atomic E-state index is 13.5. The standard InChI is InChI=1S/C25H24ClN3O3/c1-15-21-23(28-32-15)22-19(26)11-6-12-20(22)29(25(21)31)18-10-5-7-16(13-18)14-27-24(30)17-8-3-2-4-9-17/h2-4,6,8-9,11-12,16,18H,5,7,10,13-14H2,1H3,(H,27,30)/t16-,18-/m0/s1. The minimum Gasteiger partial charge on any atom is -0.360 e. The van der Waals surface area contributed by atoms with E-state index in [0.29, 0.717) is 39.7 Å². The normalized spacial score (nSPS) is 18.8. The van der Waals surface area contributed by atoms with Crippen molar-refractivity contribution in [1.29, 1.82) is 0 Å². The Hall–Kier alpha value is -3.12. The number of benzene rings is 2. The van der Waals surface area contributed by atoms with Gasteiger partial charge in [0.25, 0.3) is 11.5 Å². The van der Waals surface area contributed by atoms with Crippen LogP contribution in [0.15, 0.2) is 57.8 Å². The number of rotatable bonds is 4. The summed E-state index contributed by atoms with van der Waals surface area (Å²) in [5.41, 5.74) is 1.87. The summed E-state index contributed by atoms with van der Waals surface area (Å²) < 4.78 is 7.23. The Balaban J connectivity index is 1.46. The number of hydrogen-bond acceptors (Lipinski definition) is 4. The first-order valence-corrected chi connectivity index (χ1v) is 11.3. The summed E-state index contributed by atoms with van der Waals surface area (Å²) >= 11 is 6.54. The van der Waals surface area contributed by atoms with Crippen LogP contribution in [0.1, 0.15) is 47.8 Å². The summed E-state index contributed by atoms with van der Waals surface area (Å²) in [6.45, 7) is 2.35. The molecule has 1 saturated carbocycles. The van der Waals surface area contributed by atoms with Crippen LogP contribution in [0, 0.1) is 12.8 Å². The fourth-order valence-electron chi connectivity index (χ4n) is 4.95. The highest BCUT2D eigenvalue weighted by Gasteiger charge is 2.28. The molecule has 7 heteroatoms. The third-order valence-electron chi connectivity index (χ3n) is 6.49. The molecule has 2 aromatic heterocycles. The summed E-state index contributed by atoms with van der Waals surface area (Å²) in [4.78, 5) is 26.0. The lowest BCUT2D eigenvalue weighted by molar-refractivity contribution is 0.0940. The summed E-state index contributed by atoms with van der Waals surface area (Å²) in [7, 11) is 0. The quantitative estimate of drug-likeness (QED) is 0.460. The fraction of sp³-hybridized carbons (Fsp3) is 0.320. The van der Waals surface area contributed by atoms with E-state index < -0.39 is 0 Å². The van der Waals surface area contributed by atoms with Crippen molar-refractivity contribution in [3.8, 4) is 0 Å². The first-order chi connectivity index (χ1) is 15.5. The van der Waals surface area contributed by atoms with Crippen LogP contribution in [-0.2, 0) is 0 Å². The Kier molecular flexibility index (Phi) is 5.47. The fourth-order valence-corrected chi connectivity index (χ4v) is 5.21. The Labute approximate surface area is 190 Å². The van der Waals surface area contributed by atoms with Gasteiger partial charge in [-0.1, -0.05) is 47.4 Å². The third kappa shape index (κ3) is 3.58. The molecule has 2 atom stereocenters. The molecule has 2 aromatic carbocycles. The van der Waals surface area contributed by atoms with E-state index in [0.717, 1.165) is 36.6 Å². The average Bonchev–Trinajstić information content (AvgIpc) is 3.20. The molecule has 5 rings (SSSR count). The predicted octanol–water partition coefficient (Wildman–Crippen LogP) is 5.27. The van der Waals surface area contributed by atoms with Gasteiger partial charge in [0.2, 0.25) is 0 Å². The highest BCUT2D eigenvalue weighted by Crippen LogP contribution is 2.36. The van der Waals surface area contributed by atoms with Crippen LogP contribution in [0.5, 0.6) is 0 Å². The molecule has 6 nitrogen and oxygen atoms in total. The second kappa shape index (κ2) is 8.43. The molecule has 32 heavy (non-hydrogen) atoms. The monoisotopic (exact) mass is 449 g/mol. The second-order valence-electron chi connectivity index (χ2n) is 8.53. The number of nitrogens with zero attached hydrogens (tertiary/aromatic N) is 2. The summed E-state index contributed by atoms with van der Waals surface area (Å²) in [5, 5.41) is 8.98. The van der Waals surface area contributed by atoms with E-state index in [1.807, 2.05) is 53.1 Å². The number of fused-ring (bicyclic) bond motifs is 3. The van der Waals surface area contributed by atoms with Crippen molar-refractivity contribution < 1.29 is 9.32 Å². The average molecular weight is 450 g/mol. The molecule has 1 aliphatic rings. The maximum Gasteiger partial charge on any atom is 0.264 e. The highest BCUT2D eigenvalue weighted by atomic mass is 35.5. The SMILES string of the molecule is Cc1onc2c1c(=O)n([C@H]1CCC[C@H](CNC(=O)c3ccccc3)C1)c1cccc(Cl)c21. The van der Waals surface area contributed by atoms with E-state index in [9.17, 15) is 9.59 Å². The number of aromatic nitrogens is 2. The molecule has 4 aromatic rings. The van der Waals surface area contributed by atoms with Crippen LogP contribution < -0.4 is 10.9 Å². The van der Waals surface area contributed by atoms with Crippen molar-refractivity contribution in [1.82, 2.24) is 15.0 Å². The minimum atomic E-state index is -0.0903. The molecular formula is C25H24ClN3O3. The molecule has 0 aliphatic heterocycles. The largest absolute Gasteiger partial charge is 0.360 e. The van der Waals surface area contributed by atoms with Crippen molar-refractivity contribution in [2.75, 3.05) is 6.54 Å². The Morgan fingerprint density at radius 3 is 2.78 bits per heavy atom. The zero-order valence-electron chi connectivity index (χ0n) is 17.8. The molecular weight excluding hydrogens is 426 g/mol. The number of amides is 1. The number of pyridine rings is 1. The summed E-state index contributed by atoms with van der Waals surface area (Å²) in [6, 6.07) is 14.8. The topological polar surface area (TPSA) is 77.1 Å². The zero-order valence-corrected chi connectivity index (χ0v) is 18.6. The molecule has 1 N–H and O–H groups in total. The Morgan fingerprint density at radius 1 is 1.16 bits per heavy atom. The lowest BCUT2D eigenvalue weighted by Crippen LogP contribution is -2.34. The van der Waals surface area contributed by atoms with Gasteiger partial charge in [0.05, 0.1) is 10.5 Å². The summed E-state index contributed by atoms with van der Waals surface area (Å²) in [5.74, 6) is 0.730. The van der Waals surface area contributed by atoms with Crippen molar-refractivity contribution in [3.63, 3.8) is 0 Å². The minimum absolute atomic E-state index is 0.0227. The van der Waals surface area contributed by atoms with Gasteiger partial charge >= 0.3 is 0 Å². The first kappa shape index (κ1) is 20.8. The van der Waals surface area contributed by atoms with Crippen LogP contribution in [0.25, 0.3) is 21.8 Å². The van der Waals surface area contributed by atoms with Crippen LogP contribution in [0.2, 0.25) is 5.02 Å². The van der Waals surface area contributed by atoms with Gasteiger partial charge in [0.15, 0.2) is 0 Å². The summed E-state index contributed by atoms with van der Waals surface area (Å²) in [6.07, 6.45) is 3.73. The molecule has 1 amide bonds. The Morgan fingerprint density at radius 2 is 1.97 bits per heavy atom. The molecule has 0 saturated heterocycles. The number of nitrogens with one attached hydrogen (secondary N) is 1. The smallest absolute Gasteiger partial charge is 0.264 e. The van der Waals surface area contributed by atoms with Crippen LogP contribution in [0.4, 0.5) is 0 Å². The Bertz CT molecular complexity index is 1360. The molecule has 0 radical (unpaired) electrons. The van der Waals surface area contributed by atoms with Crippen LogP contribution >= 0.6 is 11.6 Å². The molecule has 164 valence electrons. The zero-order chi connectivity index (χ0) is 22.2. The predicted molar refractivity (Wildman–Crippen MR) is 125 cm³/mol. The van der Waals surface area contributed by atoms with E-state index in [4.69, 9.17) is 16.1 Å². The maximum absolute atomic E-state index is 13.5. The number of aryl methyl sites for hydroxylation is 1. The molecule has 2 heterocycles. The van der Waals surface area contributed by atoms with Gasteiger partial charge in [-0.2, -0.15) is 0 Å². The highest BCUT2D eigenvalue weighted by molar-refractivity contribution is 6.37. The number of hydrogen-bond donors (Lipinski definition) is 1. The lowest BCUT2D eigenvalue weighted by Gasteiger charge is -2.31. The van der Waals surface area contributed by atoms with E-state index in [2.05, 4.69) is 10.5 Å². The van der Waals surface area contributed by atoms with E-state index in [-0.39, 0.29) is 17.5 Å². The number of carbonyl (C=O) groups is 1. The van der Waals surface area contributed by atoms with Gasteiger partial charge in [-0.25, -0.2) is 0 Å². The first-order valence-electron chi connectivity index (χ1n) is 11.0. The molecule has 0 unspecified atom stereocenters. The number of halogens is 1. The molecule has 0 bridgehead atoms. The van der Waals surface area contributed by atoms with Crippen LogP contribution in [-0.4, -0.2) is 22.2 Å². The van der Waals surface area contributed by atoms with Crippen molar-refractivity contribution >= 4 is 39.3 Å². The van der Waals surface area contributed by atoms with Crippen molar-refractivity contribution in [2.45, 2.75) is 38.6 Å². The third-order valence-corrected chi connectivity index (χ3v) is 6.81. The van der Waals surface area contributed by atoms with Crippen molar-refractivity contribution in [3.05, 3.63) is 75.2 Å². The van der Waals surface area contributed by atoms with Gasteiger partial charge in [0, 0.05) is 23.5 Å². The van der Waals surface area contributed by atoms with Gasteiger partial charge in [0.1, 0.15) is 16.7 Å². The van der Waals surface area contributed by atoms with Crippen LogP contribution in [0.3, 0.4) is 0 Å². The van der Waals surface area contributed by atoms with E-state index >= 15 is 0 Å². The lowest BCUT2D eigenvalue weighted by atomic mass is 9.85.